The molecule has 0 atom stereocenters. The molecule has 0 saturated carbocycles. The van der Waals surface area contributed by atoms with Gasteiger partial charge in [-0.1, -0.05) is 30.3 Å². The van der Waals surface area contributed by atoms with Gasteiger partial charge < -0.3 is 4.42 Å². The lowest BCUT2D eigenvalue weighted by Gasteiger charge is -1.96. The van der Waals surface area contributed by atoms with Crippen LogP contribution >= 0.6 is 35.1 Å². The second kappa shape index (κ2) is 7.43. The van der Waals surface area contributed by atoms with Gasteiger partial charge >= 0.3 is 0 Å². The summed E-state index contributed by atoms with van der Waals surface area (Å²) in [5.41, 5.74) is 1.37. The van der Waals surface area contributed by atoms with E-state index < -0.39 is 0 Å². The third kappa shape index (κ3) is 4.10. The topological polar surface area (TPSA) is 42.6 Å². The third-order valence-electron chi connectivity index (χ3n) is 3.07. The highest BCUT2D eigenvalue weighted by Gasteiger charge is 2.22. The van der Waals surface area contributed by atoms with Crippen LogP contribution in [0.2, 0.25) is 5.02 Å². The molecular formula is C17H14ClNO2S2. The lowest BCUT2D eigenvalue weighted by Crippen LogP contribution is -1.87. The van der Waals surface area contributed by atoms with Gasteiger partial charge in [-0.25, -0.2) is 4.99 Å². The van der Waals surface area contributed by atoms with Gasteiger partial charge in [-0.05, 0) is 60.3 Å². The van der Waals surface area contributed by atoms with Crippen LogP contribution in [0.3, 0.4) is 0 Å². The Kier molecular flexibility index (Phi) is 5.30. The molecule has 3 rings (SSSR count). The third-order valence-corrected chi connectivity index (χ3v) is 5.53. The van der Waals surface area contributed by atoms with Crippen molar-refractivity contribution < 1.29 is 9.21 Å². The second-order valence-corrected chi connectivity index (χ2v) is 7.59. The summed E-state index contributed by atoms with van der Waals surface area (Å²) in [7, 11) is 0. The van der Waals surface area contributed by atoms with Crippen LogP contribution in [0.15, 0.2) is 51.5 Å². The van der Waals surface area contributed by atoms with Crippen molar-refractivity contribution in [3.8, 4) is 11.3 Å². The van der Waals surface area contributed by atoms with E-state index in [0.29, 0.717) is 16.5 Å². The van der Waals surface area contributed by atoms with Crippen LogP contribution in [-0.4, -0.2) is 15.2 Å². The minimum absolute atomic E-state index is 0.0342. The first-order chi connectivity index (χ1) is 11.2. The van der Waals surface area contributed by atoms with Gasteiger partial charge in [-0.15, -0.1) is 0 Å². The van der Waals surface area contributed by atoms with E-state index in [-0.39, 0.29) is 5.12 Å². The van der Waals surface area contributed by atoms with E-state index in [1.807, 2.05) is 36.4 Å². The molecule has 2 aromatic rings. The summed E-state index contributed by atoms with van der Waals surface area (Å²) in [4.78, 5) is 16.3. The molecule has 6 heteroatoms. The first-order valence-corrected chi connectivity index (χ1v) is 9.35. The van der Waals surface area contributed by atoms with E-state index in [9.17, 15) is 4.79 Å². The van der Waals surface area contributed by atoms with Crippen LogP contribution < -0.4 is 0 Å². The average Bonchev–Trinajstić information content (AvgIpc) is 3.14. The van der Waals surface area contributed by atoms with Crippen molar-refractivity contribution in [1.29, 1.82) is 0 Å². The molecule has 0 unspecified atom stereocenters. The van der Waals surface area contributed by atoms with Gasteiger partial charge in [-0.2, -0.15) is 0 Å². The Labute approximate surface area is 148 Å². The summed E-state index contributed by atoms with van der Waals surface area (Å²) < 4.78 is 6.59. The summed E-state index contributed by atoms with van der Waals surface area (Å²) in [6.07, 6.45) is 2.74. The van der Waals surface area contributed by atoms with E-state index in [4.69, 9.17) is 16.0 Å². The highest BCUT2D eigenvalue weighted by atomic mass is 35.5. The number of carbonyl (C=O) groups is 1. The number of hydrogen-bond acceptors (Lipinski definition) is 5. The molecule has 1 aliphatic rings. The molecule has 0 N–H and O–H groups in total. The molecular weight excluding hydrogens is 350 g/mol. The number of halogens is 1. The normalized spacial score (nSPS) is 16.2. The number of benzene rings is 1. The molecule has 0 fully saturated rings. The highest BCUT2D eigenvalue weighted by Crippen LogP contribution is 2.32. The van der Waals surface area contributed by atoms with E-state index in [1.165, 1.54) is 11.8 Å². The minimum Gasteiger partial charge on any atom is -0.457 e. The smallest absolute Gasteiger partial charge is 0.244 e. The minimum atomic E-state index is -0.0342. The van der Waals surface area contributed by atoms with E-state index in [1.54, 1.807) is 17.8 Å². The van der Waals surface area contributed by atoms with Gasteiger partial charge in [0.15, 0.2) is 0 Å². The van der Waals surface area contributed by atoms with Crippen molar-refractivity contribution >= 4 is 50.7 Å². The maximum atomic E-state index is 12.0. The summed E-state index contributed by atoms with van der Waals surface area (Å²) in [6.45, 7) is 2.10. The first kappa shape index (κ1) is 16.4. The molecule has 0 radical (unpaired) electrons. The number of thioether (sulfide) groups is 2. The van der Waals surface area contributed by atoms with Crippen molar-refractivity contribution in [2.45, 2.75) is 13.3 Å². The fraction of sp³-hybridized carbons (Fsp3) is 0.176. The van der Waals surface area contributed by atoms with Crippen molar-refractivity contribution in [1.82, 2.24) is 0 Å². The van der Waals surface area contributed by atoms with Crippen molar-refractivity contribution in [2.24, 2.45) is 4.99 Å². The fourth-order valence-electron chi connectivity index (χ4n) is 1.98. The van der Waals surface area contributed by atoms with Crippen molar-refractivity contribution in [2.75, 3.05) is 5.75 Å². The zero-order valence-corrected chi connectivity index (χ0v) is 14.8. The molecule has 0 amide bonds. The molecule has 1 aliphatic heterocycles. The number of hydrogen-bond donors (Lipinski definition) is 0. The standard InChI is InChI=1S/C17H14ClNO2S2/c1-2-9-22-17-19-14(16(20)23-17)10-13-7-8-15(21-13)11-3-5-12(18)6-4-11/h3-8,10H,2,9H2,1H3. The zero-order valence-electron chi connectivity index (χ0n) is 12.4. The lowest BCUT2D eigenvalue weighted by atomic mass is 10.2. The molecule has 23 heavy (non-hydrogen) atoms. The van der Waals surface area contributed by atoms with Gasteiger partial charge in [-0.3, -0.25) is 4.79 Å². The van der Waals surface area contributed by atoms with Crippen LogP contribution in [0.1, 0.15) is 19.1 Å². The van der Waals surface area contributed by atoms with E-state index in [2.05, 4.69) is 11.9 Å². The summed E-state index contributed by atoms with van der Waals surface area (Å²) in [6, 6.07) is 11.1. The number of rotatable bonds is 4. The van der Waals surface area contributed by atoms with Crippen LogP contribution in [0.4, 0.5) is 0 Å². The Balaban J connectivity index is 1.79. The van der Waals surface area contributed by atoms with Gasteiger partial charge in [0, 0.05) is 16.7 Å². The molecule has 0 spiro atoms. The van der Waals surface area contributed by atoms with Crippen LogP contribution in [-0.2, 0) is 4.79 Å². The molecule has 2 heterocycles. The van der Waals surface area contributed by atoms with Gasteiger partial charge in [0.05, 0.1) is 0 Å². The SMILES string of the molecule is CCCSC1=NC(=Cc2ccc(-c3ccc(Cl)cc3)o2)C(=O)S1. The maximum absolute atomic E-state index is 12.0. The second-order valence-electron chi connectivity index (χ2n) is 4.85. The zero-order chi connectivity index (χ0) is 16.2. The number of aliphatic imine (C=N–C) groups is 1. The average molecular weight is 364 g/mol. The Hall–Kier alpha value is -1.43. The van der Waals surface area contributed by atoms with Crippen molar-refractivity contribution in [3.05, 3.63) is 52.9 Å². The Morgan fingerprint density at radius 2 is 2.04 bits per heavy atom. The molecule has 0 aliphatic carbocycles. The van der Waals surface area contributed by atoms with Gasteiger partial charge in [0.1, 0.15) is 21.6 Å². The van der Waals surface area contributed by atoms with Gasteiger partial charge in [0.2, 0.25) is 5.12 Å². The summed E-state index contributed by atoms with van der Waals surface area (Å²) in [5, 5.41) is 0.649. The molecule has 118 valence electrons. The van der Waals surface area contributed by atoms with Crippen LogP contribution in [0.5, 0.6) is 0 Å². The Bertz CT molecular complexity index is 778. The molecule has 0 bridgehead atoms. The Morgan fingerprint density at radius 1 is 1.26 bits per heavy atom. The number of furan rings is 1. The molecule has 1 aromatic carbocycles. The van der Waals surface area contributed by atoms with Crippen LogP contribution in [0, 0.1) is 0 Å². The first-order valence-electron chi connectivity index (χ1n) is 7.17. The highest BCUT2D eigenvalue weighted by molar-refractivity contribution is 8.45. The number of carbonyl (C=O) groups excluding carboxylic acids is 1. The molecule has 0 saturated heterocycles. The molecule has 1 aromatic heterocycles. The Morgan fingerprint density at radius 3 is 2.78 bits per heavy atom. The fourth-order valence-corrected chi connectivity index (χ4v) is 3.87. The van der Waals surface area contributed by atoms with Crippen LogP contribution in [0.25, 0.3) is 17.4 Å². The maximum Gasteiger partial charge on any atom is 0.244 e. The van der Waals surface area contributed by atoms with Crippen molar-refractivity contribution in [3.63, 3.8) is 0 Å². The quantitative estimate of drug-likeness (QED) is 0.652. The summed E-state index contributed by atoms with van der Waals surface area (Å²) in [5.74, 6) is 2.31. The van der Waals surface area contributed by atoms with Gasteiger partial charge in [0.25, 0.3) is 0 Å². The monoisotopic (exact) mass is 363 g/mol. The molecule has 3 nitrogen and oxygen atoms in total. The summed E-state index contributed by atoms with van der Waals surface area (Å²) >= 11 is 8.69. The number of nitrogens with zero attached hydrogens (tertiary/aromatic N) is 1. The predicted molar refractivity (Wildman–Crippen MR) is 99.9 cm³/mol. The lowest BCUT2D eigenvalue weighted by molar-refractivity contribution is -0.107. The van der Waals surface area contributed by atoms with E-state index >= 15 is 0 Å². The predicted octanol–water partition coefficient (Wildman–Crippen LogP) is 5.71. The van der Waals surface area contributed by atoms with E-state index in [0.717, 1.165) is 27.9 Å². The largest absolute Gasteiger partial charge is 0.457 e.